The lowest BCUT2D eigenvalue weighted by atomic mass is 10.0. The van der Waals surface area contributed by atoms with Crippen molar-refractivity contribution < 1.29 is 9.53 Å². The van der Waals surface area contributed by atoms with E-state index in [1.807, 2.05) is 67.6 Å². The fraction of sp³-hybridized carbons (Fsp3) is 0.120. The molecule has 3 aromatic rings. The zero-order chi connectivity index (χ0) is 20.9. The van der Waals surface area contributed by atoms with Crippen LogP contribution in [0.3, 0.4) is 0 Å². The zero-order valence-corrected chi connectivity index (χ0v) is 17.7. The molecule has 0 N–H and O–H groups in total. The number of rotatable bonds is 5. The van der Waals surface area contributed by atoms with Gasteiger partial charge in [-0.1, -0.05) is 54.6 Å². The second kappa shape index (κ2) is 9.01. The highest BCUT2D eigenvalue weighted by molar-refractivity contribution is 8.18. The van der Waals surface area contributed by atoms with Crippen LogP contribution in [0.2, 0.25) is 0 Å². The first kappa shape index (κ1) is 20.0. The molecule has 1 saturated heterocycles. The maximum atomic E-state index is 12.9. The molecular formula is C25H22N2O2S. The second-order valence-electron chi connectivity index (χ2n) is 6.74. The van der Waals surface area contributed by atoms with Crippen LogP contribution in [0, 0.1) is 0 Å². The van der Waals surface area contributed by atoms with Gasteiger partial charge in [0.25, 0.3) is 5.91 Å². The molecule has 5 heteroatoms. The van der Waals surface area contributed by atoms with Gasteiger partial charge in [0.1, 0.15) is 5.75 Å². The first-order valence-electron chi connectivity index (χ1n) is 9.77. The number of methoxy groups -OCH3 is 1. The van der Waals surface area contributed by atoms with Gasteiger partial charge in [-0.25, -0.2) is 4.99 Å². The lowest BCUT2D eigenvalue weighted by Gasteiger charge is -2.12. The van der Waals surface area contributed by atoms with Crippen LogP contribution in [0.15, 0.2) is 88.8 Å². The van der Waals surface area contributed by atoms with E-state index in [0.717, 1.165) is 22.6 Å². The topological polar surface area (TPSA) is 41.9 Å². The summed E-state index contributed by atoms with van der Waals surface area (Å²) in [6.45, 7) is 2.53. The molecule has 0 saturated carbocycles. The first-order valence-corrected chi connectivity index (χ1v) is 10.6. The molecule has 0 aromatic heterocycles. The number of ether oxygens (including phenoxy) is 1. The number of likely N-dealkylation sites (N-methyl/N-ethyl adjacent to an activating group) is 1. The third-order valence-electron chi connectivity index (χ3n) is 4.82. The van der Waals surface area contributed by atoms with Crippen LogP contribution in [0.4, 0.5) is 5.69 Å². The van der Waals surface area contributed by atoms with E-state index >= 15 is 0 Å². The Bertz CT molecular complexity index is 1090. The van der Waals surface area contributed by atoms with Crippen LogP contribution >= 0.6 is 11.8 Å². The molecule has 0 spiro atoms. The van der Waals surface area contributed by atoms with Crippen molar-refractivity contribution in [3.8, 4) is 16.9 Å². The SMILES string of the molecule is CCN1C(=O)/C(=C\c2ccc(-c3ccccc3)cc2)SC1=Nc1ccc(OC)cc1. The molecule has 4 nitrogen and oxygen atoms in total. The molecule has 1 aliphatic heterocycles. The largest absolute Gasteiger partial charge is 0.497 e. The van der Waals surface area contributed by atoms with Crippen molar-refractivity contribution in [1.29, 1.82) is 0 Å². The fourth-order valence-corrected chi connectivity index (χ4v) is 4.25. The van der Waals surface area contributed by atoms with E-state index in [4.69, 9.17) is 4.74 Å². The standard InChI is InChI=1S/C25H22N2O2S/c1-3-27-24(28)23(30-25(27)26-21-13-15-22(29-2)16-14-21)17-18-9-11-20(12-10-18)19-7-5-4-6-8-19/h4-17H,3H2,1-2H3/b23-17+,26-25?. The fourth-order valence-electron chi connectivity index (χ4n) is 3.19. The van der Waals surface area contributed by atoms with Crippen LogP contribution in [-0.2, 0) is 4.79 Å². The monoisotopic (exact) mass is 414 g/mol. The Labute approximate surface area is 180 Å². The minimum absolute atomic E-state index is 0.0121. The predicted molar refractivity (Wildman–Crippen MR) is 125 cm³/mol. The molecule has 0 radical (unpaired) electrons. The Morgan fingerprint density at radius 1 is 0.933 bits per heavy atom. The van der Waals surface area contributed by atoms with Crippen LogP contribution in [0.5, 0.6) is 5.75 Å². The normalized spacial score (nSPS) is 16.5. The molecule has 1 fully saturated rings. The lowest BCUT2D eigenvalue weighted by molar-refractivity contribution is -0.122. The minimum Gasteiger partial charge on any atom is -0.497 e. The summed E-state index contributed by atoms with van der Waals surface area (Å²) in [6, 6.07) is 26.0. The van der Waals surface area contributed by atoms with Crippen molar-refractivity contribution in [2.45, 2.75) is 6.92 Å². The van der Waals surface area contributed by atoms with Crippen LogP contribution < -0.4 is 4.74 Å². The Hall–Kier alpha value is -3.31. The van der Waals surface area contributed by atoms with Gasteiger partial charge in [-0.15, -0.1) is 0 Å². The van der Waals surface area contributed by atoms with Crippen molar-refractivity contribution >= 4 is 34.6 Å². The van der Waals surface area contributed by atoms with Gasteiger partial charge in [0.2, 0.25) is 0 Å². The molecule has 150 valence electrons. The van der Waals surface area contributed by atoms with Gasteiger partial charge in [-0.3, -0.25) is 9.69 Å². The molecule has 30 heavy (non-hydrogen) atoms. The third-order valence-corrected chi connectivity index (χ3v) is 5.82. The Kier molecular flexibility index (Phi) is 6.00. The molecule has 0 unspecified atom stereocenters. The van der Waals surface area contributed by atoms with Gasteiger partial charge in [0.05, 0.1) is 17.7 Å². The third kappa shape index (κ3) is 4.31. The average Bonchev–Trinajstić information content (AvgIpc) is 3.09. The van der Waals surface area contributed by atoms with Gasteiger partial charge >= 0.3 is 0 Å². The Balaban J connectivity index is 1.57. The van der Waals surface area contributed by atoms with Crippen LogP contribution in [0.25, 0.3) is 17.2 Å². The highest BCUT2D eigenvalue weighted by Crippen LogP contribution is 2.34. The maximum Gasteiger partial charge on any atom is 0.266 e. The predicted octanol–water partition coefficient (Wildman–Crippen LogP) is 5.99. The van der Waals surface area contributed by atoms with Crippen molar-refractivity contribution in [3.63, 3.8) is 0 Å². The van der Waals surface area contributed by atoms with Crippen molar-refractivity contribution in [1.82, 2.24) is 4.90 Å². The van der Waals surface area contributed by atoms with E-state index in [1.54, 1.807) is 12.0 Å². The van der Waals surface area contributed by atoms with E-state index in [1.165, 1.54) is 17.3 Å². The van der Waals surface area contributed by atoms with Gasteiger partial charge in [-0.2, -0.15) is 0 Å². The molecule has 0 aliphatic carbocycles. The van der Waals surface area contributed by atoms with Gasteiger partial charge in [0.15, 0.2) is 5.17 Å². The summed E-state index contributed by atoms with van der Waals surface area (Å²) >= 11 is 1.41. The summed E-state index contributed by atoms with van der Waals surface area (Å²) in [5, 5.41) is 0.694. The summed E-state index contributed by atoms with van der Waals surface area (Å²) in [4.78, 5) is 19.9. The van der Waals surface area contributed by atoms with Crippen molar-refractivity contribution in [3.05, 3.63) is 89.3 Å². The van der Waals surface area contributed by atoms with Crippen molar-refractivity contribution in [2.24, 2.45) is 4.99 Å². The number of carbonyl (C=O) groups excluding carboxylic acids is 1. The number of aliphatic imine (C=N–C) groups is 1. The highest BCUT2D eigenvalue weighted by Gasteiger charge is 2.32. The van der Waals surface area contributed by atoms with Crippen LogP contribution in [-0.4, -0.2) is 29.6 Å². The van der Waals surface area contributed by atoms with E-state index in [9.17, 15) is 4.79 Å². The number of hydrogen-bond donors (Lipinski definition) is 0. The quantitative estimate of drug-likeness (QED) is 0.482. The number of amides is 1. The molecule has 3 aromatic carbocycles. The van der Waals surface area contributed by atoms with Crippen LogP contribution in [0.1, 0.15) is 12.5 Å². The maximum absolute atomic E-state index is 12.9. The van der Waals surface area contributed by atoms with E-state index in [-0.39, 0.29) is 5.91 Å². The summed E-state index contributed by atoms with van der Waals surface area (Å²) in [5.41, 5.74) is 4.11. The number of thioether (sulfide) groups is 1. The smallest absolute Gasteiger partial charge is 0.266 e. The number of carbonyl (C=O) groups is 1. The highest BCUT2D eigenvalue weighted by atomic mass is 32.2. The second-order valence-corrected chi connectivity index (χ2v) is 7.75. The molecule has 4 rings (SSSR count). The summed E-state index contributed by atoms with van der Waals surface area (Å²) in [6.07, 6.45) is 1.93. The van der Waals surface area contributed by atoms with Gasteiger partial charge in [0, 0.05) is 6.54 Å². The Morgan fingerprint density at radius 2 is 1.60 bits per heavy atom. The molecular weight excluding hydrogens is 392 g/mol. The van der Waals surface area contributed by atoms with Gasteiger partial charge in [-0.05, 0) is 65.7 Å². The molecule has 0 atom stereocenters. The van der Waals surface area contributed by atoms with E-state index in [0.29, 0.717) is 16.6 Å². The van der Waals surface area contributed by atoms with E-state index in [2.05, 4.69) is 29.3 Å². The summed E-state index contributed by atoms with van der Waals surface area (Å²) in [7, 11) is 1.63. The first-order chi connectivity index (χ1) is 14.7. The molecule has 1 heterocycles. The minimum atomic E-state index is -0.0121. The molecule has 0 bridgehead atoms. The Morgan fingerprint density at radius 3 is 2.23 bits per heavy atom. The van der Waals surface area contributed by atoms with Gasteiger partial charge < -0.3 is 4.74 Å². The van der Waals surface area contributed by atoms with Crippen molar-refractivity contribution in [2.75, 3.05) is 13.7 Å². The lowest BCUT2D eigenvalue weighted by Crippen LogP contribution is -2.28. The average molecular weight is 415 g/mol. The zero-order valence-electron chi connectivity index (χ0n) is 16.9. The summed E-state index contributed by atoms with van der Waals surface area (Å²) < 4.78 is 5.19. The number of benzene rings is 3. The summed E-state index contributed by atoms with van der Waals surface area (Å²) in [5.74, 6) is 0.767. The number of amidine groups is 1. The number of hydrogen-bond acceptors (Lipinski definition) is 4. The molecule has 1 amide bonds. The molecule has 1 aliphatic rings. The van der Waals surface area contributed by atoms with E-state index < -0.39 is 0 Å². The number of nitrogens with zero attached hydrogens (tertiary/aromatic N) is 2.